The summed E-state index contributed by atoms with van der Waals surface area (Å²) in [5.74, 6) is -2.36. The minimum atomic E-state index is -1.27. The molecule has 0 fully saturated rings. The molecule has 1 amide bonds. The molecule has 1 rings (SSSR count). The molecule has 33 heavy (non-hydrogen) atoms. The molecule has 9 heteroatoms. The molecule has 0 aliphatic rings. The van der Waals surface area contributed by atoms with Crippen molar-refractivity contribution >= 4 is 18.0 Å². The third-order valence-electron chi connectivity index (χ3n) is 4.54. The summed E-state index contributed by atoms with van der Waals surface area (Å²) in [6, 6.07) is 2.42. The maximum atomic E-state index is 11.6. The van der Waals surface area contributed by atoms with Crippen LogP contribution in [-0.4, -0.2) is 53.6 Å². The molecule has 0 bridgehead atoms. The first kappa shape index (κ1) is 28.1. The number of alkyl carbamates (subject to hydrolysis) is 1. The van der Waals surface area contributed by atoms with E-state index in [9.17, 15) is 24.6 Å². The summed E-state index contributed by atoms with van der Waals surface area (Å²) in [6.45, 7) is 8.52. The molecule has 3 N–H and O–H groups in total. The van der Waals surface area contributed by atoms with E-state index in [4.69, 9.17) is 14.2 Å². The first-order valence-electron chi connectivity index (χ1n) is 11.4. The fraction of sp³-hybridized carbons (Fsp3) is 0.625. The molecule has 0 aliphatic carbocycles. The predicted octanol–water partition coefficient (Wildman–Crippen LogP) is 5.12. The Morgan fingerprint density at radius 2 is 1.33 bits per heavy atom. The lowest BCUT2D eigenvalue weighted by Gasteiger charge is -2.19. The van der Waals surface area contributed by atoms with Gasteiger partial charge >= 0.3 is 18.0 Å². The molecule has 0 spiro atoms. The molecule has 0 aromatic heterocycles. The Balaban J connectivity index is 2.61. The van der Waals surface area contributed by atoms with Crippen LogP contribution in [0.1, 0.15) is 93.4 Å². The average Bonchev–Trinajstić information content (AvgIpc) is 2.71. The quantitative estimate of drug-likeness (QED) is 0.303. The van der Waals surface area contributed by atoms with Crippen LogP contribution in [0.5, 0.6) is 11.5 Å². The Morgan fingerprint density at radius 3 is 1.79 bits per heavy atom. The number of amides is 1. The number of carbonyl (C=O) groups excluding carboxylic acids is 1. The second-order valence-corrected chi connectivity index (χ2v) is 8.70. The van der Waals surface area contributed by atoms with Gasteiger partial charge in [0.1, 0.15) is 28.2 Å². The zero-order valence-electron chi connectivity index (χ0n) is 20.1. The van der Waals surface area contributed by atoms with E-state index in [1.165, 1.54) is 6.07 Å². The zero-order valence-corrected chi connectivity index (χ0v) is 20.1. The molecule has 0 radical (unpaired) electrons. The van der Waals surface area contributed by atoms with Crippen molar-refractivity contribution in [3.63, 3.8) is 0 Å². The minimum Gasteiger partial charge on any atom is -0.493 e. The Hall–Kier alpha value is -2.97. The van der Waals surface area contributed by atoms with E-state index in [0.717, 1.165) is 38.2 Å². The standard InChI is InChI=1S/C24H37NO8/c1-5-6-7-10-13-31-19-16-20(18(22(28)29)15-17(19)21(26)27)32-14-11-8-9-12-25-23(30)33-24(2,3)4/h15-16H,5-14H2,1-4H3,(H,25,30)(H,26,27)(H,28,29). The van der Waals surface area contributed by atoms with Crippen molar-refractivity contribution in [1.29, 1.82) is 0 Å². The van der Waals surface area contributed by atoms with Gasteiger partial charge < -0.3 is 29.7 Å². The lowest BCUT2D eigenvalue weighted by molar-refractivity contribution is 0.0525. The molecule has 0 heterocycles. The first-order chi connectivity index (χ1) is 15.5. The Labute approximate surface area is 195 Å². The van der Waals surface area contributed by atoms with E-state index in [0.29, 0.717) is 26.0 Å². The first-order valence-corrected chi connectivity index (χ1v) is 11.4. The SMILES string of the molecule is CCCCCCOc1cc(OCCCCCNC(=O)OC(C)(C)C)c(C(=O)O)cc1C(=O)O. The van der Waals surface area contributed by atoms with Crippen molar-refractivity contribution in [2.24, 2.45) is 0 Å². The normalized spacial score (nSPS) is 11.0. The number of ether oxygens (including phenoxy) is 3. The van der Waals surface area contributed by atoms with E-state index < -0.39 is 23.6 Å². The van der Waals surface area contributed by atoms with E-state index >= 15 is 0 Å². The van der Waals surface area contributed by atoms with Crippen molar-refractivity contribution in [1.82, 2.24) is 5.32 Å². The molecule has 1 aromatic carbocycles. The number of rotatable bonds is 15. The Kier molecular flexibility index (Phi) is 12.1. The van der Waals surface area contributed by atoms with Crippen LogP contribution in [0.15, 0.2) is 12.1 Å². The fourth-order valence-electron chi connectivity index (χ4n) is 2.94. The number of aromatic carboxylic acids is 2. The summed E-state index contributed by atoms with van der Waals surface area (Å²) in [5, 5.41) is 21.6. The highest BCUT2D eigenvalue weighted by molar-refractivity contribution is 5.98. The van der Waals surface area contributed by atoms with Crippen LogP contribution < -0.4 is 14.8 Å². The number of carboxylic acids is 2. The van der Waals surface area contributed by atoms with Gasteiger partial charge in [-0.05, 0) is 52.5 Å². The second-order valence-electron chi connectivity index (χ2n) is 8.70. The van der Waals surface area contributed by atoms with Crippen molar-refractivity contribution in [3.8, 4) is 11.5 Å². The number of carbonyl (C=O) groups is 3. The van der Waals surface area contributed by atoms with E-state index in [2.05, 4.69) is 12.2 Å². The van der Waals surface area contributed by atoms with Gasteiger partial charge in [-0.2, -0.15) is 0 Å². The summed E-state index contributed by atoms with van der Waals surface area (Å²) in [7, 11) is 0. The van der Waals surface area contributed by atoms with Crippen molar-refractivity contribution in [2.75, 3.05) is 19.8 Å². The smallest absolute Gasteiger partial charge is 0.407 e. The topological polar surface area (TPSA) is 131 Å². The van der Waals surface area contributed by atoms with Gasteiger partial charge in [0.05, 0.1) is 13.2 Å². The van der Waals surface area contributed by atoms with Gasteiger partial charge in [0.15, 0.2) is 0 Å². The monoisotopic (exact) mass is 467 g/mol. The van der Waals surface area contributed by atoms with Crippen LogP contribution in [0.2, 0.25) is 0 Å². The van der Waals surface area contributed by atoms with Gasteiger partial charge in [-0.25, -0.2) is 14.4 Å². The summed E-state index contributed by atoms with van der Waals surface area (Å²) in [5.41, 5.74) is -0.977. The summed E-state index contributed by atoms with van der Waals surface area (Å²) in [6.07, 6.45) is 5.50. The van der Waals surface area contributed by atoms with Crippen molar-refractivity contribution in [2.45, 2.75) is 78.2 Å². The number of nitrogens with one attached hydrogen (secondary N) is 1. The summed E-state index contributed by atoms with van der Waals surface area (Å²) < 4.78 is 16.4. The van der Waals surface area contributed by atoms with Gasteiger partial charge in [-0.3, -0.25) is 0 Å². The average molecular weight is 468 g/mol. The lowest BCUT2D eigenvalue weighted by Crippen LogP contribution is -2.33. The van der Waals surface area contributed by atoms with Crippen molar-refractivity contribution < 1.29 is 38.8 Å². The van der Waals surface area contributed by atoms with Gasteiger partial charge in [-0.15, -0.1) is 0 Å². The van der Waals surface area contributed by atoms with Crippen LogP contribution in [0, 0.1) is 0 Å². The van der Waals surface area contributed by atoms with E-state index in [1.54, 1.807) is 20.8 Å². The molecule has 1 aromatic rings. The summed E-state index contributed by atoms with van der Waals surface area (Å²) in [4.78, 5) is 34.8. The number of hydrogen-bond acceptors (Lipinski definition) is 6. The fourth-order valence-corrected chi connectivity index (χ4v) is 2.94. The highest BCUT2D eigenvalue weighted by Gasteiger charge is 2.21. The van der Waals surface area contributed by atoms with E-state index in [1.807, 2.05) is 0 Å². The largest absolute Gasteiger partial charge is 0.493 e. The molecule has 186 valence electrons. The Morgan fingerprint density at radius 1 is 0.818 bits per heavy atom. The van der Waals surface area contributed by atoms with Gasteiger partial charge in [0, 0.05) is 12.6 Å². The number of carboxylic acid groups (broad SMARTS) is 2. The lowest BCUT2D eigenvalue weighted by atomic mass is 10.1. The molecule has 9 nitrogen and oxygen atoms in total. The molecular weight excluding hydrogens is 430 g/mol. The zero-order chi connectivity index (χ0) is 24.9. The van der Waals surface area contributed by atoms with Crippen LogP contribution in [0.3, 0.4) is 0 Å². The van der Waals surface area contributed by atoms with Crippen molar-refractivity contribution in [3.05, 3.63) is 23.3 Å². The predicted molar refractivity (Wildman–Crippen MR) is 124 cm³/mol. The molecule has 0 aliphatic heterocycles. The maximum absolute atomic E-state index is 11.6. The van der Waals surface area contributed by atoms with Gasteiger partial charge in [0.25, 0.3) is 0 Å². The summed E-state index contributed by atoms with van der Waals surface area (Å²) >= 11 is 0. The maximum Gasteiger partial charge on any atom is 0.407 e. The van der Waals surface area contributed by atoms with Crippen LogP contribution >= 0.6 is 0 Å². The van der Waals surface area contributed by atoms with E-state index in [-0.39, 0.29) is 29.2 Å². The molecule has 0 atom stereocenters. The third-order valence-corrected chi connectivity index (χ3v) is 4.54. The van der Waals surface area contributed by atoms with Gasteiger partial charge in [-0.1, -0.05) is 26.2 Å². The third kappa shape index (κ3) is 11.5. The molecular formula is C24H37NO8. The number of unbranched alkanes of at least 4 members (excludes halogenated alkanes) is 5. The Bertz CT molecular complexity index is 785. The molecule has 0 saturated heterocycles. The minimum absolute atomic E-state index is 0.0722. The second kappa shape index (κ2) is 14.2. The highest BCUT2D eigenvalue weighted by Crippen LogP contribution is 2.30. The number of hydrogen-bond donors (Lipinski definition) is 3. The van der Waals surface area contributed by atoms with Crippen LogP contribution in [0.4, 0.5) is 4.79 Å². The molecule has 0 saturated carbocycles. The highest BCUT2D eigenvalue weighted by atomic mass is 16.6. The van der Waals surface area contributed by atoms with Crippen LogP contribution in [0.25, 0.3) is 0 Å². The van der Waals surface area contributed by atoms with Crippen LogP contribution in [-0.2, 0) is 4.74 Å². The molecule has 0 unspecified atom stereocenters. The van der Waals surface area contributed by atoms with Gasteiger partial charge in [0.2, 0.25) is 0 Å². The number of benzene rings is 1.